The Morgan fingerprint density at radius 1 is 1.11 bits per heavy atom. The SMILES string of the molecule is N#CCCOP(=O)(OCCC#N)OCCCC1CO1. The van der Waals surface area contributed by atoms with Crippen molar-refractivity contribution in [1.82, 2.24) is 0 Å². The highest BCUT2D eigenvalue weighted by Gasteiger charge is 2.27. The second-order valence-electron chi connectivity index (χ2n) is 3.86. The van der Waals surface area contributed by atoms with Crippen molar-refractivity contribution in [2.75, 3.05) is 26.4 Å². The molecule has 106 valence electrons. The van der Waals surface area contributed by atoms with Gasteiger partial charge in [-0.3, -0.25) is 13.6 Å². The number of hydrogen-bond acceptors (Lipinski definition) is 7. The van der Waals surface area contributed by atoms with Crippen molar-refractivity contribution in [2.45, 2.75) is 31.8 Å². The zero-order valence-electron chi connectivity index (χ0n) is 10.6. The average molecular weight is 288 g/mol. The monoisotopic (exact) mass is 288 g/mol. The van der Waals surface area contributed by atoms with E-state index in [2.05, 4.69) is 0 Å². The third-order valence-corrected chi connectivity index (χ3v) is 3.75. The van der Waals surface area contributed by atoms with Crippen LogP contribution in [-0.4, -0.2) is 32.5 Å². The van der Waals surface area contributed by atoms with Gasteiger partial charge in [-0.2, -0.15) is 10.5 Å². The Labute approximate surface area is 112 Å². The largest absolute Gasteiger partial charge is 0.474 e. The second kappa shape index (κ2) is 9.03. The number of ether oxygens (including phenoxy) is 1. The highest BCUT2D eigenvalue weighted by molar-refractivity contribution is 7.48. The number of rotatable bonds is 11. The number of phosphoric ester groups is 1. The predicted molar refractivity (Wildman–Crippen MR) is 64.9 cm³/mol. The molecular weight excluding hydrogens is 271 g/mol. The third-order valence-electron chi connectivity index (χ3n) is 2.25. The van der Waals surface area contributed by atoms with Crippen molar-refractivity contribution in [3.63, 3.8) is 0 Å². The fourth-order valence-corrected chi connectivity index (χ4v) is 2.45. The summed E-state index contributed by atoms with van der Waals surface area (Å²) in [5, 5.41) is 16.8. The molecule has 7 nitrogen and oxygen atoms in total. The van der Waals surface area contributed by atoms with Gasteiger partial charge in [-0.05, 0) is 12.8 Å². The van der Waals surface area contributed by atoms with Gasteiger partial charge in [-0.25, -0.2) is 4.57 Å². The molecule has 1 saturated heterocycles. The van der Waals surface area contributed by atoms with E-state index in [1.807, 2.05) is 12.1 Å². The van der Waals surface area contributed by atoms with E-state index in [-0.39, 0.29) is 32.7 Å². The molecule has 0 aromatic heterocycles. The molecule has 0 aliphatic carbocycles. The Kier molecular flexibility index (Phi) is 7.66. The molecule has 19 heavy (non-hydrogen) atoms. The summed E-state index contributed by atoms with van der Waals surface area (Å²) in [6.45, 7) is 0.962. The Balaban J connectivity index is 2.26. The molecule has 1 rings (SSSR count). The first-order valence-electron chi connectivity index (χ1n) is 6.09. The van der Waals surface area contributed by atoms with Crippen molar-refractivity contribution < 1.29 is 22.9 Å². The maximum Gasteiger partial charge on any atom is 0.474 e. The van der Waals surface area contributed by atoms with Gasteiger partial charge in [0, 0.05) is 0 Å². The molecule has 0 saturated carbocycles. The molecule has 0 aromatic rings. The Hall–Kier alpha value is -0.950. The van der Waals surface area contributed by atoms with E-state index in [1.165, 1.54) is 0 Å². The number of hydrogen-bond donors (Lipinski definition) is 0. The zero-order chi connectivity index (χ0) is 14.0. The first-order chi connectivity index (χ1) is 9.20. The van der Waals surface area contributed by atoms with E-state index >= 15 is 0 Å². The van der Waals surface area contributed by atoms with Crippen molar-refractivity contribution in [1.29, 1.82) is 10.5 Å². The highest BCUT2D eigenvalue weighted by Crippen LogP contribution is 2.49. The van der Waals surface area contributed by atoms with E-state index in [1.54, 1.807) is 0 Å². The van der Waals surface area contributed by atoms with Crippen LogP contribution in [0.3, 0.4) is 0 Å². The van der Waals surface area contributed by atoms with E-state index < -0.39 is 7.82 Å². The smallest absolute Gasteiger partial charge is 0.373 e. The summed E-state index contributed by atoms with van der Waals surface area (Å²) < 4.78 is 32.3. The maximum absolute atomic E-state index is 12.1. The van der Waals surface area contributed by atoms with Gasteiger partial charge in [0.2, 0.25) is 0 Å². The van der Waals surface area contributed by atoms with Gasteiger partial charge in [0.1, 0.15) is 0 Å². The molecular formula is C11H17N2O5P. The fraction of sp³-hybridized carbons (Fsp3) is 0.818. The van der Waals surface area contributed by atoms with Gasteiger partial charge < -0.3 is 4.74 Å². The Morgan fingerprint density at radius 3 is 2.11 bits per heavy atom. The molecule has 1 aliphatic heterocycles. The Morgan fingerprint density at radius 2 is 1.63 bits per heavy atom. The second-order valence-corrected chi connectivity index (χ2v) is 5.53. The number of nitrogens with zero attached hydrogens (tertiary/aromatic N) is 2. The quantitative estimate of drug-likeness (QED) is 0.326. The molecule has 0 N–H and O–H groups in total. The molecule has 1 fully saturated rings. The van der Waals surface area contributed by atoms with Crippen molar-refractivity contribution >= 4 is 7.82 Å². The summed E-state index contributed by atoms with van der Waals surface area (Å²) in [5.41, 5.74) is 0. The van der Waals surface area contributed by atoms with Crippen LogP contribution >= 0.6 is 7.82 Å². The van der Waals surface area contributed by atoms with Gasteiger partial charge >= 0.3 is 7.82 Å². The van der Waals surface area contributed by atoms with Crippen molar-refractivity contribution in [2.24, 2.45) is 0 Å². The lowest BCUT2D eigenvalue weighted by Crippen LogP contribution is -2.04. The van der Waals surface area contributed by atoms with Crippen LogP contribution < -0.4 is 0 Å². The predicted octanol–water partition coefficient (Wildman–Crippen LogP) is 2.15. The lowest BCUT2D eigenvalue weighted by molar-refractivity contribution is 0.114. The van der Waals surface area contributed by atoms with Crippen LogP contribution in [0.2, 0.25) is 0 Å². The summed E-state index contributed by atoms with van der Waals surface area (Å²) in [5.74, 6) is 0. The molecule has 0 amide bonds. The summed E-state index contributed by atoms with van der Waals surface area (Å²) >= 11 is 0. The molecule has 0 aromatic carbocycles. The van der Waals surface area contributed by atoms with Crippen LogP contribution in [0.4, 0.5) is 0 Å². The standard InChI is InChI=1S/C11H17N2O5P/c12-5-2-8-17-19(14,18-9-3-6-13)16-7-1-4-11-10-15-11/h11H,1-4,7-10H2. The van der Waals surface area contributed by atoms with Gasteiger partial charge in [-0.15, -0.1) is 0 Å². The first kappa shape index (κ1) is 16.1. The molecule has 0 radical (unpaired) electrons. The van der Waals surface area contributed by atoms with Crippen LogP contribution in [0.25, 0.3) is 0 Å². The normalized spacial score (nSPS) is 17.7. The molecule has 8 heteroatoms. The van der Waals surface area contributed by atoms with Crippen molar-refractivity contribution in [3.8, 4) is 12.1 Å². The Bertz CT molecular complexity index is 362. The average Bonchev–Trinajstić information content (AvgIpc) is 3.20. The molecule has 1 unspecified atom stereocenters. The molecule has 1 aliphatic rings. The number of phosphoric acid groups is 1. The van der Waals surface area contributed by atoms with Gasteiger partial charge in [0.15, 0.2) is 0 Å². The fourth-order valence-electron chi connectivity index (χ4n) is 1.24. The molecule has 0 spiro atoms. The minimum absolute atomic E-state index is 0.0218. The van der Waals surface area contributed by atoms with Crippen LogP contribution in [0.1, 0.15) is 25.7 Å². The summed E-state index contributed by atoms with van der Waals surface area (Å²) in [4.78, 5) is 0. The van der Waals surface area contributed by atoms with Crippen LogP contribution in [0.5, 0.6) is 0 Å². The van der Waals surface area contributed by atoms with E-state index in [9.17, 15) is 4.57 Å². The van der Waals surface area contributed by atoms with Crippen LogP contribution in [0, 0.1) is 22.7 Å². The lowest BCUT2D eigenvalue weighted by Gasteiger charge is -2.16. The van der Waals surface area contributed by atoms with Crippen molar-refractivity contribution in [3.05, 3.63) is 0 Å². The minimum atomic E-state index is -3.66. The van der Waals surface area contributed by atoms with E-state index in [4.69, 9.17) is 28.8 Å². The highest BCUT2D eigenvalue weighted by atomic mass is 31.2. The molecule has 1 heterocycles. The lowest BCUT2D eigenvalue weighted by atomic mass is 10.3. The van der Waals surface area contributed by atoms with Gasteiger partial charge in [0.25, 0.3) is 0 Å². The van der Waals surface area contributed by atoms with E-state index in [0.29, 0.717) is 12.5 Å². The molecule has 1 atom stereocenters. The van der Waals surface area contributed by atoms with Crippen LogP contribution in [-0.2, 0) is 22.9 Å². The van der Waals surface area contributed by atoms with Gasteiger partial charge in [0.05, 0.1) is 57.5 Å². The number of nitriles is 2. The number of epoxide rings is 1. The summed E-state index contributed by atoms with van der Waals surface area (Å²) in [6.07, 6.45) is 2.03. The third kappa shape index (κ3) is 7.94. The van der Waals surface area contributed by atoms with Crippen LogP contribution in [0.15, 0.2) is 0 Å². The summed E-state index contributed by atoms with van der Waals surface area (Å²) in [6, 6.07) is 3.74. The topological polar surface area (TPSA) is 105 Å². The van der Waals surface area contributed by atoms with E-state index in [0.717, 1.165) is 13.0 Å². The van der Waals surface area contributed by atoms with Gasteiger partial charge in [-0.1, -0.05) is 0 Å². The zero-order valence-corrected chi connectivity index (χ0v) is 11.5. The minimum Gasteiger partial charge on any atom is -0.373 e. The first-order valence-corrected chi connectivity index (χ1v) is 7.55. The molecule has 0 bridgehead atoms. The summed E-state index contributed by atoms with van der Waals surface area (Å²) in [7, 11) is -3.66. The maximum atomic E-state index is 12.1.